The average Bonchev–Trinajstić information content (AvgIpc) is 3.28. The minimum atomic E-state index is -0.619. The van der Waals surface area contributed by atoms with Crippen molar-refractivity contribution < 1.29 is 19.4 Å². The maximum Gasteiger partial charge on any atom is 0.316 e. The molecule has 0 spiro atoms. The Balaban J connectivity index is 1.39. The molecule has 202 valence electrons. The number of hydrogen-bond donors (Lipinski definition) is 1. The normalized spacial score (nSPS) is 50.8. The second-order valence-electron chi connectivity index (χ2n) is 13.5. The van der Waals surface area contributed by atoms with Gasteiger partial charge in [-0.05, 0) is 75.7 Å². The van der Waals surface area contributed by atoms with Gasteiger partial charge in [-0.15, -0.1) is 18.3 Å². The third-order valence-corrected chi connectivity index (χ3v) is 13.3. The number of aliphatic hydroxyl groups is 1. The van der Waals surface area contributed by atoms with Gasteiger partial charge in [-0.1, -0.05) is 33.8 Å². The number of thioether (sulfide) groups is 1. The molecule has 36 heavy (non-hydrogen) atoms. The maximum atomic E-state index is 13.5. The van der Waals surface area contributed by atoms with Gasteiger partial charge in [0.2, 0.25) is 0 Å². The Kier molecular flexibility index (Phi) is 6.99. The van der Waals surface area contributed by atoms with E-state index in [4.69, 9.17) is 4.74 Å². The molecule has 6 heteroatoms. The fraction of sp³-hybridized carbons (Fsp3) is 0.867. The van der Waals surface area contributed by atoms with Crippen LogP contribution < -0.4 is 0 Å². The number of carbonyl (C=O) groups is 2. The number of piperidine rings is 1. The standard InChI is InChI=1S/C30H47NO4S/c1-7-28(4)16-24(35-25(33)17-36-22-14-20-8-9-21(15-22)31(20)6)29(5)18(2)10-12-30(19(3)27(28)34)13-11-23(32)26(29)30/h7,18-22,24,26-27,34H,1,8-17H2,2-6H3/t18?,19?,20?,21?,22?,24?,26?,27?,28-,29?,30?/m1/s1. The summed E-state index contributed by atoms with van der Waals surface area (Å²) in [7, 11) is 2.24. The summed E-state index contributed by atoms with van der Waals surface area (Å²) >= 11 is 1.76. The first-order chi connectivity index (χ1) is 17.0. The fourth-order valence-corrected chi connectivity index (χ4v) is 10.5. The molecule has 2 aliphatic heterocycles. The van der Waals surface area contributed by atoms with E-state index in [9.17, 15) is 14.7 Å². The van der Waals surface area contributed by atoms with Gasteiger partial charge in [0.05, 0.1) is 11.9 Å². The number of aliphatic hydroxyl groups excluding tert-OH is 1. The molecule has 0 aromatic carbocycles. The molecular formula is C30H47NO4S. The molecule has 5 rings (SSSR count). The van der Waals surface area contributed by atoms with Gasteiger partial charge < -0.3 is 14.7 Å². The highest BCUT2D eigenvalue weighted by Crippen LogP contribution is 2.68. The predicted octanol–water partition coefficient (Wildman–Crippen LogP) is 5.25. The summed E-state index contributed by atoms with van der Waals surface area (Å²) in [4.78, 5) is 29.4. The van der Waals surface area contributed by atoms with Crippen LogP contribution in [0.3, 0.4) is 0 Å². The lowest BCUT2D eigenvalue weighted by molar-refractivity contribution is -0.205. The molecule has 5 nitrogen and oxygen atoms in total. The van der Waals surface area contributed by atoms with Crippen molar-refractivity contribution >= 4 is 23.5 Å². The molecule has 10 atom stereocenters. The first-order valence-corrected chi connectivity index (χ1v) is 15.4. The Bertz CT molecular complexity index is 895. The summed E-state index contributed by atoms with van der Waals surface area (Å²) in [5, 5.41) is 12.2. The monoisotopic (exact) mass is 517 g/mol. The second-order valence-corrected chi connectivity index (χ2v) is 14.8. The third kappa shape index (κ3) is 3.95. The molecule has 3 saturated carbocycles. The van der Waals surface area contributed by atoms with E-state index < -0.39 is 23.0 Å². The van der Waals surface area contributed by atoms with Crippen LogP contribution in [-0.2, 0) is 14.3 Å². The van der Waals surface area contributed by atoms with Gasteiger partial charge >= 0.3 is 5.97 Å². The first kappa shape index (κ1) is 26.7. The Hall–Kier alpha value is -0.850. The Morgan fingerprint density at radius 1 is 1.19 bits per heavy atom. The molecule has 2 saturated heterocycles. The molecule has 1 N–H and O–H groups in total. The van der Waals surface area contributed by atoms with Gasteiger partial charge in [-0.3, -0.25) is 9.59 Å². The minimum Gasteiger partial charge on any atom is -0.461 e. The highest BCUT2D eigenvalue weighted by molar-refractivity contribution is 8.00. The van der Waals surface area contributed by atoms with Crippen LogP contribution in [0.15, 0.2) is 12.7 Å². The van der Waals surface area contributed by atoms with Crippen LogP contribution in [0.4, 0.5) is 0 Å². The maximum absolute atomic E-state index is 13.5. The summed E-state index contributed by atoms with van der Waals surface area (Å²) in [6, 6.07) is 1.31. The van der Waals surface area contributed by atoms with Crippen LogP contribution in [0.5, 0.6) is 0 Å². The van der Waals surface area contributed by atoms with Crippen molar-refractivity contribution in [2.45, 2.75) is 115 Å². The van der Waals surface area contributed by atoms with Gasteiger partial charge in [0, 0.05) is 40.5 Å². The van der Waals surface area contributed by atoms with Crippen molar-refractivity contribution in [3.63, 3.8) is 0 Å². The van der Waals surface area contributed by atoms with E-state index in [0.717, 1.165) is 32.1 Å². The van der Waals surface area contributed by atoms with Crippen LogP contribution in [0, 0.1) is 34.0 Å². The summed E-state index contributed by atoms with van der Waals surface area (Å²) in [5.74, 6) is 0.605. The molecule has 0 aromatic heterocycles. The molecule has 9 unspecified atom stereocenters. The number of esters is 1. The van der Waals surface area contributed by atoms with E-state index >= 15 is 0 Å². The minimum absolute atomic E-state index is 0.00390. The van der Waals surface area contributed by atoms with Gasteiger partial charge in [0.15, 0.2) is 0 Å². The van der Waals surface area contributed by atoms with E-state index in [2.05, 4.69) is 46.2 Å². The molecule has 0 aromatic rings. The van der Waals surface area contributed by atoms with E-state index in [0.29, 0.717) is 41.7 Å². The summed E-state index contributed by atoms with van der Waals surface area (Å²) in [6.45, 7) is 12.8. The Morgan fingerprint density at radius 3 is 2.50 bits per heavy atom. The summed E-state index contributed by atoms with van der Waals surface area (Å²) in [5.41, 5.74) is -1.24. The third-order valence-electron chi connectivity index (χ3n) is 12.1. The van der Waals surface area contributed by atoms with Crippen molar-refractivity contribution in [1.29, 1.82) is 0 Å². The number of Topliss-reactive ketones (excluding diaryl/α,β-unsaturated/α-hetero) is 1. The molecule has 3 aliphatic carbocycles. The average molecular weight is 518 g/mol. The number of nitrogens with zero attached hydrogens (tertiary/aromatic N) is 1. The summed E-state index contributed by atoms with van der Waals surface area (Å²) < 4.78 is 6.42. The highest BCUT2D eigenvalue weighted by atomic mass is 32.2. The Morgan fingerprint density at radius 2 is 1.86 bits per heavy atom. The fourth-order valence-electron chi connectivity index (χ4n) is 9.38. The van der Waals surface area contributed by atoms with Gasteiger partial charge in [-0.2, -0.15) is 0 Å². The zero-order chi connectivity index (χ0) is 26.0. The molecule has 5 fully saturated rings. The van der Waals surface area contributed by atoms with E-state index in [-0.39, 0.29) is 29.1 Å². The van der Waals surface area contributed by atoms with Crippen molar-refractivity contribution in [2.24, 2.45) is 34.0 Å². The highest BCUT2D eigenvalue weighted by Gasteiger charge is 2.68. The summed E-state index contributed by atoms with van der Waals surface area (Å²) in [6.07, 6.45) is 9.58. The van der Waals surface area contributed by atoms with Crippen LogP contribution in [0.1, 0.15) is 85.5 Å². The van der Waals surface area contributed by atoms with Crippen molar-refractivity contribution in [3.05, 3.63) is 12.7 Å². The molecule has 5 aliphatic rings. The van der Waals surface area contributed by atoms with Crippen LogP contribution in [-0.4, -0.2) is 64.1 Å². The lowest BCUT2D eigenvalue weighted by atomic mass is 9.44. The van der Waals surface area contributed by atoms with Gasteiger partial charge in [-0.25, -0.2) is 0 Å². The Labute approximate surface area is 222 Å². The lowest BCUT2D eigenvalue weighted by Gasteiger charge is -2.61. The van der Waals surface area contributed by atoms with Gasteiger partial charge in [0.25, 0.3) is 0 Å². The second kappa shape index (κ2) is 9.41. The van der Waals surface area contributed by atoms with E-state index in [1.807, 2.05) is 6.08 Å². The van der Waals surface area contributed by atoms with Gasteiger partial charge in [0.1, 0.15) is 11.9 Å². The molecular weight excluding hydrogens is 470 g/mol. The largest absolute Gasteiger partial charge is 0.461 e. The number of ketones is 1. The number of carbonyl (C=O) groups excluding carboxylic acids is 2. The molecule has 0 radical (unpaired) electrons. The number of rotatable bonds is 5. The number of fused-ring (bicyclic) bond motifs is 2. The van der Waals surface area contributed by atoms with Crippen molar-refractivity contribution in [1.82, 2.24) is 4.90 Å². The molecule has 4 bridgehead atoms. The quantitative estimate of drug-likeness (QED) is 0.397. The van der Waals surface area contributed by atoms with E-state index in [1.54, 1.807) is 11.8 Å². The number of ether oxygens (including phenoxy) is 1. The SMILES string of the molecule is C=C[C@]1(C)CC(OC(=O)CSC2CC3CCC(C2)N3C)C2(C)C(C)CCC3(CCC(=O)C32)C(C)C1O. The zero-order valence-corrected chi connectivity index (χ0v) is 23.8. The lowest BCUT2D eigenvalue weighted by Crippen LogP contribution is -2.63. The topological polar surface area (TPSA) is 66.8 Å². The first-order valence-electron chi connectivity index (χ1n) is 14.3. The van der Waals surface area contributed by atoms with Crippen molar-refractivity contribution in [2.75, 3.05) is 12.8 Å². The van der Waals surface area contributed by atoms with Crippen LogP contribution >= 0.6 is 11.8 Å². The number of hydrogen-bond acceptors (Lipinski definition) is 6. The van der Waals surface area contributed by atoms with Crippen LogP contribution in [0.2, 0.25) is 0 Å². The van der Waals surface area contributed by atoms with Crippen molar-refractivity contribution in [3.8, 4) is 0 Å². The smallest absolute Gasteiger partial charge is 0.316 e. The predicted molar refractivity (Wildman–Crippen MR) is 145 cm³/mol. The van der Waals surface area contributed by atoms with Crippen LogP contribution in [0.25, 0.3) is 0 Å². The molecule has 2 heterocycles. The van der Waals surface area contributed by atoms with E-state index in [1.165, 1.54) is 12.8 Å². The zero-order valence-electron chi connectivity index (χ0n) is 23.0. The molecule has 0 amide bonds.